The van der Waals surface area contributed by atoms with Crippen LogP contribution in [0.4, 0.5) is 0 Å². The largest absolute Gasteiger partial charge is 0.362 e. The Morgan fingerprint density at radius 3 is 2.55 bits per heavy atom. The van der Waals surface area contributed by atoms with Gasteiger partial charge in [-0.05, 0) is 39.8 Å². The minimum atomic E-state index is -0.186. The lowest BCUT2D eigenvalue weighted by atomic mass is 10.3. The van der Waals surface area contributed by atoms with E-state index in [1.165, 1.54) is 11.8 Å². The van der Waals surface area contributed by atoms with E-state index in [0.29, 0.717) is 5.16 Å². The van der Waals surface area contributed by atoms with E-state index < -0.39 is 0 Å². The van der Waals surface area contributed by atoms with E-state index in [9.17, 15) is 4.79 Å². The highest BCUT2D eigenvalue weighted by Crippen LogP contribution is 2.13. The van der Waals surface area contributed by atoms with Crippen LogP contribution in [0.1, 0.15) is 28.3 Å². The number of hydrogen-bond donors (Lipinski definition) is 2. The van der Waals surface area contributed by atoms with E-state index in [0.717, 1.165) is 28.3 Å². The first-order chi connectivity index (χ1) is 10.4. The molecule has 0 radical (unpaired) electrons. The number of nitrogens with zero attached hydrogens (tertiary/aromatic N) is 3. The van der Waals surface area contributed by atoms with Crippen LogP contribution in [-0.4, -0.2) is 32.8 Å². The van der Waals surface area contributed by atoms with E-state index in [-0.39, 0.29) is 11.7 Å². The number of aromatic amines is 1. The fourth-order valence-corrected chi connectivity index (χ4v) is 2.72. The average Bonchev–Trinajstić information content (AvgIpc) is 2.74. The van der Waals surface area contributed by atoms with Crippen molar-refractivity contribution in [1.82, 2.24) is 20.4 Å². The lowest BCUT2D eigenvalue weighted by Crippen LogP contribution is -2.19. The Labute approximate surface area is 133 Å². The normalized spacial score (nSPS) is 11.1. The lowest BCUT2D eigenvalue weighted by Gasteiger charge is -2.02. The number of thioether (sulfide) groups is 1. The molecule has 2 aromatic rings. The van der Waals surface area contributed by atoms with Gasteiger partial charge < -0.3 is 4.98 Å². The summed E-state index contributed by atoms with van der Waals surface area (Å²) in [4.78, 5) is 23.5. The molecule has 0 spiro atoms. The summed E-state index contributed by atoms with van der Waals surface area (Å²) in [6, 6.07) is 3.87. The molecule has 2 heterocycles. The Bertz CT molecular complexity index is 688. The molecule has 0 aromatic carbocycles. The van der Waals surface area contributed by atoms with Crippen LogP contribution in [0.5, 0.6) is 0 Å². The summed E-state index contributed by atoms with van der Waals surface area (Å²) in [5.41, 5.74) is 7.34. The summed E-state index contributed by atoms with van der Waals surface area (Å²) < 4.78 is 0. The number of aryl methyl sites for hydroxylation is 4. The van der Waals surface area contributed by atoms with E-state index >= 15 is 0 Å². The van der Waals surface area contributed by atoms with Crippen molar-refractivity contribution in [2.45, 2.75) is 32.9 Å². The number of nitrogens with one attached hydrogen (secondary N) is 2. The molecule has 2 N–H and O–H groups in total. The fraction of sp³-hybridized carbons (Fsp3) is 0.333. The molecule has 0 atom stereocenters. The van der Waals surface area contributed by atoms with Gasteiger partial charge in [-0.15, -0.1) is 0 Å². The monoisotopic (exact) mass is 317 g/mol. The van der Waals surface area contributed by atoms with E-state index in [4.69, 9.17) is 0 Å². The van der Waals surface area contributed by atoms with Gasteiger partial charge in [-0.25, -0.2) is 15.4 Å². The van der Waals surface area contributed by atoms with Crippen LogP contribution < -0.4 is 5.43 Å². The fourth-order valence-electron chi connectivity index (χ4n) is 1.97. The van der Waals surface area contributed by atoms with Gasteiger partial charge in [0.05, 0.1) is 12.0 Å². The Morgan fingerprint density at radius 2 is 1.95 bits per heavy atom. The summed E-state index contributed by atoms with van der Waals surface area (Å²) in [6.07, 6.45) is 1.63. The second-order valence-electron chi connectivity index (χ2n) is 5.05. The number of hydrazone groups is 1. The van der Waals surface area contributed by atoms with Crippen LogP contribution in [0, 0.1) is 27.7 Å². The molecule has 0 aliphatic rings. The maximum atomic E-state index is 11.8. The van der Waals surface area contributed by atoms with E-state index in [1.54, 1.807) is 6.21 Å². The highest BCUT2D eigenvalue weighted by Gasteiger charge is 2.05. The van der Waals surface area contributed by atoms with Gasteiger partial charge in [0.15, 0.2) is 5.16 Å². The minimum absolute atomic E-state index is 0.186. The molecule has 1 amide bonds. The van der Waals surface area contributed by atoms with Crippen LogP contribution in [0.2, 0.25) is 0 Å². The predicted molar refractivity (Wildman–Crippen MR) is 88.2 cm³/mol. The molecule has 22 heavy (non-hydrogen) atoms. The minimum Gasteiger partial charge on any atom is -0.362 e. The second-order valence-corrected chi connectivity index (χ2v) is 5.99. The number of aromatic nitrogens is 3. The molecule has 0 unspecified atom stereocenters. The van der Waals surface area contributed by atoms with Crippen molar-refractivity contribution in [3.8, 4) is 0 Å². The summed E-state index contributed by atoms with van der Waals surface area (Å²) in [5, 5.41) is 4.57. The van der Waals surface area contributed by atoms with Crippen molar-refractivity contribution in [3.63, 3.8) is 0 Å². The first kappa shape index (κ1) is 16.2. The Morgan fingerprint density at radius 1 is 1.27 bits per heavy atom. The maximum absolute atomic E-state index is 11.8. The van der Waals surface area contributed by atoms with E-state index in [1.807, 2.05) is 39.8 Å². The summed E-state index contributed by atoms with van der Waals surface area (Å²) in [7, 11) is 0. The molecule has 0 fully saturated rings. The summed E-state index contributed by atoms with van der Waals surface area (Å²) in [6.45, 7) is 7.75. The molecule has 7 heteroatoms. The molecular weight excluding hydrogens is 298 g/mol. The average molecular weight is 317 g/mol. The van der Waals surface area contributed by atoms with Gasteiger partial charge in [0.2, 0.25) is 0 Å². The zero-order valence-corrected chi connectivity index (χ0v) is 13.9. The third-order valence-corrected chi connectivity index (χ3v) is 3.72. The van der Waals surface area contributed by atoms with Crippen LogP contribution in [-0.2, 0) is 4.79 Å². The third-order valence-electron chi connectivity index (χ3n) is 2.88. The molecule has 0 saturated carbocycles. The number of rotatable bonds is 5. The van der Waals surface area contributed by atoms with Gasteiger partial charge in [0, 0.05) is 28.3 Å². The van der Waals surface area contributed by atoms with Gasteiger partial charge in [0.25, 0.3) is 5.91 Å². The van der Waals surface area contributed by atoms with Gasteiger partial charge in [-0.3, -0.25) is 4.79 Å². The lowest BCUT2D eigenvalue weighted by molar-refractivity contribution is -0.118. The Balaban J connectivity index is 1.84. The van der Waals surface area contributed by atoms with Crippen molar-refractivity contribution >= 4 is 23.9 Å². The van der Waals surface area contributed by atoms with Gasteiger partial charge in [0.1, 0.15) is 0 Å². The van der Waals surface area contributed by atoms with Gasteiger partial charge in [-0.1, -0.05) is 11.8 Å². The summed E-state index contributed by atoms with van der Waals surface area (Å²) in [5.74, 6) is 0.0414. The van der Waals surface area contributed by atoms with Crippen LogP contribution in [0.25, 0.3) is 0 Å². The Kier molecular flexibility index (Phi) is 5.32. The topological polar surface area (TPSA) is 83.0 Å². The number of carbonyl (C=O) groups is 1. The molecule has 0 aliphatic heterocycles. The maximum Gasteiger partial charge on any atom is 0.250 e. The molecule has 0 aliphatic carbocycles. The zero-order chi connectivity index (χ0) is 16.1. The Hall–Kier alpha value is -2.15. The van der Waals surface area contributed by atoms with E-state index in [2.05, 4.69) is 25.5 Å². The summed E-state index contributed by atoms with van der Waals surface area (Å²) >= 11 is 1.30. The van der Waals surface area contributed by atoms with Crippen molar-refractivity contribution in [3.05, 3.63) is 40.5 Å². The van der Waals surface area contributed by atoms with Crippen molar-refractivity contribution in [1.29, 1.82) is 0 Å². The molecule has 0 saturated heterocycles. The molecule has 0 bridgehead atoms. The second kappa shape index (κ2) is 7.22. The van der Waals surface area contributed by atoms with Crippen LogP contribution in [0.15, 0.2) is 22.4 Å². The van der Waals surface area contributed by atoms with Gasteiger partial charge in [-0.2, -0.15) is 5.10 Å². The highest BCUT2D eigenvalue weighted by molar-refractivity contribution is 7.99. The smallest absolute Gasteiger partial charge is 0.250 e. The first-order valence-electron chi connectivity index (χ1n) is 6.87. The molecule has 116 valence electrons. The van der Waals surface area contributed by atoms with Crippen molar-refractivity contribution < 1.29 is 4.79 Å². The van der Waals surface area contributed by atoms with Crippen molar-refractivity contribution in [2.24, 2.45) is 5.10 Å². The molecule has 2 rings (SSSR count). The highest BCUT2D eigenvalue weighted by atomic mass is 32.2. The van der Waals surface area contributed by atoms with Crippen molar-refractivity contribution in [2.75, 3.05) is 5.75 Å². The number of H-pyrrole nitrogens is 1. The quantitative estimate of drug-likeness (QED) is 0.383. The standard InChI is InChI=1S/C15H19N5OS/c1-9-5-10(2)19-15(18-9)22-8-14(21)20-16-7-13-6-11(3)17-12(13)4/h5-7,17H,8H2,1-4H3,(H,20,21). The van der Waals surface area contributed by atoms with Crippen LogP contribution >= 0.6 is 11.8 Å². The SMILES string of the molecule is Cc1cc(C)nc(SCC(=O)NN=Cc2cc(C)[nH]c2C)n1. The first-order valence-corrected chi connectivity index (χ1v) is 7.86. The molecule has 6 nitrogen and oxygen atoms in total. The predicted octanol–water partition coefficient (Wildman–Crippen LogP) is 2.28. The number of carbonyl (C=O) groups excluding carboxylic acids is 1. The number of amides is 1. The van der Waals surface area contributed by atoms with Crippen LogP contribution in [0.3, 0.4) is 0 Å². The third kappa shape index (κ3) is 4.70. The zero-order valence-electron chi connectivity index (χ0n) is 13.1. The molecular formula is C15H19N5OS. The number of hydrogen-bond acceptors (Lipinski definition) is 5. The molecule has 2 aromatic heterocycles. The van der Waals surface area contributed by atoms with Gasteiger partial charge >= 0.3 is 0 Å².